The number of halogens is 6. The first-order chi connectivity index (χ1) is 9.19. The molecule has 2 rings (SSSR count). The van der Waals surface area contributed by atoms with Crippen LogP contribution in [0.2, 0.25) is 0 Å². The van der Waals surface area contributed by atoms with E-state index >= 15 is 0 Å². The minimum absolute atomic E-state index is 0.0488. The van der Waals surface area contributed by atoms with Crippen molar-refractivity contribution in [3.05, 3.63) is 53.9 Å². The van der Waals surface area contributed by atoms with Gasteiger partial charge in [-0.25, -0.2) is 0 Å². The normalized spacial score (nSPS) is 12.5. The van der Waals surface area contributed by atoms with Gasteiger partial charge in [0.05, 0.1) is 11.1 Å². The topological polar surface area (TPSA) is 12.9 Å². The number of hydrogen-bond donors (Lipinski definition) is 0. The SMILES string of the molecule is FC(F)(F)c1ccc(-c2ccncc2)cc1C(F)(F)F. The second kappa shape index (κ2) is 4.81. The molecule has 0 radical (unpaired) electrons. The Hall–Kier alpha value is -2.05. The van der Waals surface area contributed by atoms with Crippen LogP contribution in [0.25, 0.3) is 11.1 Å². The molecule has 0 spiro atoms. The molecule has 0 saturated carbocycles. The smallest absolute Gasteiger partial charge is 0.265 e. The molecule has 0 fully saturated rings. The number of pyridine rings is 1. The van der Waals surface area contributed by atoms with E-state index in [0.717, 1.165) is 6.07 Å². The fourth-order valence-corrected chi connectivity index (χ4v) is 1.75. The van der Waals surface area contributed by atoms with Crippen molar-refractivity contribution >= 4 is 0 Å². The molecule has 0 bridgehead atoms. The van der Waals surface area contributed by atoms with Crippen molar-refractivity contribution in [2.75, 3.05) is 0 Å². The van der Waals surface area contributed by atoms with E-state index in [1.807, 2.05) is 0 Å². The molecule has 0 N–H and O–H groups in total. The summed E-state index contributed by atoms with van der Waals surface area (Å²) in [5.41, 5.74) is -2.98. The van der Waals surface area contributed by atoms with E-state index in [2.05, 4.69) is 4.98 Å². The summed E-state index contributed by atoms with van der Waals surface area (Å²) in [5.74, 6) is 0. The molecule has 0 aliphatic rings. The van der Waals surface area contributed by atoms with Crippen LogP contribution < -0.4 is 0 Å². The molecule has 0 saturated heterocycles. The maximum absolute atomic E-state index is 12.8. The minimum atomic E-state index is -5.08. The van der Waals surface area contributed by atoms with Crippen molar-refractivity contribution in [3.8, 4) is 11.1 Å². The summed E-state index contributed by atoms with van der Waals surface area (Å²) in [5, 5.41) is 0. The second-order valence-corrected chi connectivity index (χ2v) is 3.99. The summed E-state index contributed by atoms with van der Waals surface area (Å²) in [7, 11) is 0. The Labute approximate surface area is 109 Å². The Morgan fingerprint density at radius 2 is 1.20 bits per heavy atom. The van der Waals surface area contributed by atoms with E-state index < -0.39 is 23.5 Å². The van der Waals surface area contributed by atoms with Gasteiger partial charge in [0.2, 0.25) is 0 Å². The van der Waals surface area contributed by atoms with Crippen LogP contribution in [0.3, 0.4) is 0 Å². The van der Waals surface area contributed by atoms with Gasteiger partial charge in [-0.15, -0.1) is 0 Å². The zero-order valence-electron chi connectivity index (χ0n) is 9.76. The lowest BCUT2D eigenvalue weighted by atomic mass is 9.99. The second-order valence-electron chi connectivity index (χ2n) is 3.99. The van der Waals surface area contributed by atoms with Gasteiger partial charge in [-0.05, 0) is 35.4 Å². The van der Waals surface area contributed by atoms with Crippen molar-refractivity contribution in [2.24, 2.45) is 0 Å². The fraction of sp³-hybridized carbons (Fsp3) is 0.154. The van der Waals surface area contributed by atoms with Crippen molar-refractivity contribution < 1.29 is 26.3 Å². The Kier molecular flexibility index (Phi) is 3.45. The Bertz CT molecular complexity index is 600. The highest BCUT2D eigenvalue weighted by atomic mass is 19.4. The van der Waals surface area contributed by atoms with Crippen LogP contribution in [0, 0.1) is 0 Å². The predicted octanol–water partition coefficient (Wildman–Crippen LogP) is 4.79. The van der Waals surface area contributed by atoms with E-state index in [-0.39, 0.29) is 5.56 Å². The molecule has 0 amide bonds. The summed E-state index contributed by atoms with van der Waals surface area (Å²) in [4.78, 5) is 3.70. The number of benzene rings is 1. The molecule has 20 heavy (non-hydrogen) atoms. The molecule has 2 aromatic rings. The van der Waals surface area contributed by atoms with E-state index in [1.165, 1.54) is 24.5 Å². The number of alkyl halides is 6. The molecule has 0 aliphatic heterocycles. The number of aromatic nitrogens is 1. The van der Waals surface area contributed by atoms with E-state index in [0.29, 0.717) is 17.7 Å². The van der Waals surface area contributed by atoms with Gasteiger partial charge in [-0.1, -0.05) is 6.07 Å². The first kappa shape index (κ1) is 14.4. The Balaban J connectivity index is 2.62. The third-order valence-corrected chi connectivity index (χ3v) is 2.64. The van der Waals surface area contributed by atoms with E-state index in [9.17, 15) is 26.3 Å². The van der Waals surface area contributed by atoms with E-state index in [1.54, 1.807) is 0 Å². The highest BCUT2D eigenvalue weighted by molar-refractivity contribution is 5.64. The summed E-state index contributed by atoms with van der Waals surface area (Å²) in [6.07, 6.45) is -7.43. The van der Waals surface area contributed by atoms with Crippen molar-refractivity contribution in [1.82, 2.24) is 4.98 Å². The first-order valence-corrected chi connectivity index (χ1v) is 5.38. The summed E-state index contributed by atoms with van der Waals surface area (Å²) < 4.78 is 76.1. The average molecular weight is 291 g/mol. The third-order valence-electron chi connectivity index (χ3n) is 2.64. The van der Waals surface area contributed by atoms with Crippen LogP contribution in [-0.4, -0.2) is 4.98 Å². The summed E-state index contributed by atoms with van der Waals surface area (Å²) in [6.45, 7) is 0. The highest BCUT2D eigenvalue weighted by Gasteiger charge is 2.43. The molecule has 0 atom stereocenters. The lowest BCUT2D eigenvalue weighted by molar-refractivity contribution is -0.162. The summed E-state index contributed by atoms with van der Waals surface area (Å²) >= 11 is 0. The van der Waals surface area contributed by atoms with E-state index in [4.69, 9.17) is 0 Å². The molecule has 7 heteroatoms. The van der Waals surface area contributed by atoms with Crippen LogP contribution >= 0.6 is 0 Å². The minimum Gasteiger partial charge on any atom is -0.265 e. The number of rotatable bonds is 1. The maximum Gasteiger partial charge on any atom is 0.417 e. The van der Waals surface area contributed by atoms with Gasteiger partial charge in [0.15, 0.2) is 0 Å². The van der Waals surface area contributed by atoms with Crippen LogP contribution in [0.15, 0.2) is 42.7 Å². The van der Waals surface area contributed by atoms with Gasteiger partial charge < -0.3 is 0 Å². The quantitative estimate of drug-likeness (QED) is 0.689. The average Bonchev–Trinajstić information content (AvgIpc) is 2.37. The van der Waals surface area contributed by atoms with Crippen LogP contribution in [-0.2, 0) is 12.4 Å². The van der Waals surface area contributed by atoms with Crippen LogP contribution in [0.4, 0.5) is 26.3 Å². The van der Waals surface area contributed by atoms with Gasteiger partial charge in [0, 0.05) is 12.4 Å². The standard InChI is InChI=1S/C13H7F6N/c14-12(15,16)10-2-1-9(7-11(10)13(17,18)19)8-3-5-20-6-4-8/h1-7H. The molecule has 0 unspecified atom stereocenters. The Morgan fingerprint density at radius 1 is 0.650 bits per heavy atom. The predicted molar refractivity (Wildman–Crippen MR) is 59.7 cm³/mol. The number of nitrogens with zero attached hydrogens (tertiary/aromatic N) is 1. The van der Waals surface area contributed by atoms with Gasteiger partial charge in [0.25, 0.3) is 0 Å². The molecule has 1 nitrogen and oxygen atoms in total. The molecule has 1 aromatic carbocycles. The summed E-state index contributed by atoms with van der Waals surface area (Å²) in [6, 6.07) is 4.79. The molecule has 106 valence electrons. The monoisotopic (exact) mass is 291 g/mol. The first-order valence-electron chi connectivity index (χ1n) is 5.38. The van der Waals surface area contributed by atoms with Crippen LogP contribution in [0.5, 0.6) is 0 Å². The molecule has 0 aliphatic carbocycles. The zero-order chi connectivity index (χ0) is 15.0. The maximum atomic E-state index is 12.8. The lowest BCUT2D eigenvalue weighted by Crippen LogP contribution is -2.16. The molecular weight excluding hydrogens is 284 g/mol. The lowest BCUT2D eigenvalue weighted by Gasteiger charge is -2.16. The molecule has 1 aromatic heterocycles. The van der Waals surface area contributed by atoms with Crippen molar-refractivity contribution in [2.45, 2.75) is 12.4 Å². The Morgan fingerprint density at radius 3 is 1.70 bits per heavy atom. The number of hydrogen-bond acceptors (Lipinski definition) is 1. The van der Waals surface area contributed by atoms with Crippen LogP contribution in [0.1, 0.15) is 11.1 Å². The molecular formula is C13H7F6N. The third kappa shape index (κ3) is 2.92. The highest BCUT2D eigenvalue weighted by Crippen LogP contribution is 2.41. The van der Waals surface area contributed by atoms with Gasteiger partial charge in [0.1, 0.15) is 0 Å². The fourth-order valence-electron chi connectivity index (χ4n) is 1.75. The van der Waals surface area contributed by atoms with Gasteiger partial charge in [-0.2, -0.15) is 26.3 Å². The van der Waals surface area contributed by atoms with Crippen molar-refractivity contribution in [1.29, 1.82) is 0 Å². The zero-order valence-corrected chi connectivity index (χ0v) is 9.76. The van der Waals surface area contributed by atoms with Crippen molar-refractivity contribution in [3.63, 3.8) is 0 Å². The van der Waals surface area contributed by atoms with Gasteiger partial charge >= 0.3 is 12.4 Å². The largest absolute Gasteiger partial charge is 0.417 e. The van der Waals surface area contributed by atoms with Gasteiger partial charge in [-0.3, -0.25) is 4.98 Å². The molecule has 1 heterocycles.